The Morgan fingerprint density at radius 3 is 2.31 bits per heavy atom. The van der Waals surface area contributed by atoms with Gasteiger partial charge in [-0.3, -0.25) is 4.90 Å². The van der Waals surface area contributed by atoms with Crippen molar-refractivity contribution < 1.29 is 14.4 Å². The van der Waals surface area contributed by atoms with Gasteiger partial charge in [0.25, 0.3) is 0 Å². The number of halogens is 1. The smallest absolute Gasteiger partial charge is 0.423 e. The summed E-state index contributed by atoms with van der Waals surface area (Å²) in [4.78, 5) is 2.13. The van der Waals surface area contributed by atoms with Crippen LogP contribution in [-0.4, -0.2) is 35.2 Å². The molecule has 0 aliphatic heterocycles. The highest BCUT2D eigenvalue weighted by atomic mass is 19.1. The van der Waals surface area contributed by atoms with Crippen molar-refractivity contribution >= 4 is 12.6 Å². The van der Waals surface area contributed by atoms with Crippen molar-refractivity contribution in [2.24, 2.45) is 0 Å². The first kappa shape index (κ1) is 13.2. The minimum absolute atomic E-state index is 0.196. The molecule has 0 spiro atoms. The normalized spacial score (nSPS) is 10.9. The van der Waals surface area contributed by atoms with Gasteiger partial charge in [-0.1, -0.05) is 19.9 Å². The van der Waals surface area contributed by atoms with Gasteiger partial charge in [-0.2, -0.15) is 0 Å². The summed E-state index contributed by atoms with van der Waals surface area (Å²) in [5, 5.41) is 18.0. The lowest BCUT2D eigenvalue weighted by molar-refractivity contribution is 0.295. The fourth-order valence-corrected chi connectivity index (χ4v) is 1.62. The van der Waals surface area contributed by atoms with E-state index in [1.165, 1.54) is 6.07 Å². The molecule has 16 heavy (non-hydrogen) atoms. The zero-order valence-electron chi connectivity index (χ0n) is 9.65. The van der Waals surface area contributed by atoms with Crippen LogP contribution in [0.1, 0.15) is 19.4 Å². The van der Waals surface area contributed by atoms with Crippen molar-refractivity contribution in [2.75, 3.05) is 13.1 Å². The van der Waals surface area contributed by atoms with Gasteiger partial charge in [-0.05, 0) is 36.2 Å². The van der Waals surface area contributed by atoms with E-state index in [4.69, 9.17) is 10.0 Å². The molecule has 0 aliphatic rings. The molecule has 0 unspecified atom stereocenters. The van der Waals surface area contributed by atoms with E-state index in [-0.39, 0.29) is 5.46 Å². The standard InChI is InChI=1S/C11H17BFNO2/c1-3-14(4-2)8-9-5-10(12(15)16)7-11(13)6-9/h5-7,15-16H,3-4,8H2,1-2H3. The Bertz CT molecular complexity index is 343. The Morgan fingerprint density at radius 1 is 1.19 bits per heavy atom. The minimum Gasteiger partial charge on any atom is -0.423 e. The topological polar surface area (TPSA) is 43.7 Å². The molecule has 0 aromatic heterocycles. The molecule has 2 N–H and O–H groups in total. The summed E-state index contributed by atoms with van der Waals surface area (Å²) in [6.07, 6.45) is 0. The van der Waals surface area contributed by atoms with E-state index in [0.29, 0.717) is 6.54 Å². The number of hydrogen-bond donors (Lipinski definition) is 2. The van der Waals surface area contributed by atoms with Crippen LogP contribution in [0.15, 0.2) is 18.2 Å². The van der Waals surface area contributed by atoms with E-state index in [1.54, 1.807) is 6.07 Å². The van der Waals surface area contributed by atoms with E-state index >= 15 is 0 Å². The molecule has 3 nitrogen and oxygen atoms in total. The number of nitrogens with zero attached hydrogens (tertiary/aromatic N) is 1. The molecule has 0 atom stereocenters. The molecule has 0 saturated carbocycles. The molecule has 1 aromatic carbocycles. The van der Waals surface area contributed by atoms with Crippen LogP contribution in [0.5, 0.6) is 0 Å². The van der Waals surface area contributed by atoms with E-state index in [9.17, 15) is 4.39 Å². The van der Waals surface area contributed by atoms with Crippen molar-refractivity contribution in [2.45, 2.75) is 20.4 Å². The lowest BCUT2D eigenvalue weighted by Gasteiger charge is -2.18. The third-order valence-corrected chi connectivity index (χ3v) is 2.58. The maximum absolute atomic E-state index is 13.2. The average Bonchev–Trinajstić information content (AvgIpc) is 2.25. The first-order valence-electron chi connectivity index (χ1n) is 5.44. The Balaban J connectivity index is 2.87. The predicted octanol–water partition coefficient (Wildman–Crippen LogP) is 0.347. The molecular weight excluding hydrogens is 208 g/mol. The molecule has 0 fully saturated rings. The zero-order chi connectivity index (χ0) is 12.1. The molecule has 0 saturated heterocycles. The van der Waals surface area contributed by atoms with Gasteiger partial charge in [0, 0.05) is 6.54 Å². The van der Waals surface area contributed by atoms with Gasteiger partial charge in [-0.25, -0.2) is 4.39 Å². The Hall–Kier alpha value is -0.905. The molecule has 5 heteroatoms. The highest BCUT2D eigenvalue weighted by Gasteiger charge is 2.13. The molecule has 88 valence electrons. The van der Waals surface area contributed by atoms with Gasteiger partial charge in [-0.15, -0.1) is 0 Å². The Labute approximate surface area is 95.7 Å². The first-order chi connectivity index (χ1) is 7.56. The van der Waals surface area contributed by atoms with Crippen LogP contribution >= 0.6 is 0 Å². The molecule has 0 bridgehead atoms. The third kappa shape index (κ3) is 3.59. The van der Waals surface area contributed by atoms with Gasteiger partial charge in [0.2, 0.25) is 0 Å². The molecule has 1 aromatic rings. The SMILES string of the molecule is CCN(CC)Cc1cc(F)cc(B(O)O)c1. The summed E-state index contributed by atoms with van der Waals surface area (Å²) in [7, 11) is -1.62. The quantitative estimate of drug-likeness (QED) is 0.710. The fourth-order valence-electron chi connectivity index (χ4n) is 1.62. The van der Waals surface area contributed by atoms with Crippen LogP contribution in [0.25, 0.3) is 0 Å². The molecule has 1 rings (SSSR count). The lowest BCUT2D eigenvalue weighted by Crippen LogP contribution is -2.31. The van der Waals surface area contributed by atoms with Crippen LogP contribution in [-0.2, 0) is 6.54 Å². The maximum Gasteiger partial charge on any atom is 0.488 e. The number of benzene rings is 1. The predicted molar refractivity (Wildman–Crippen MR) is 62.9 cm³/mol. The summed E-state index contributed by atoms with van der Waals surface area (Å²) in [5.74, 6) is -0.437. The van der Waals surface area contributed by atoms with E-state index < -0.39 is 12.9 Å². The van der Waals surface area contributed by atoms with E-state index in [0.717, 1.165) is 24.7 Å². The van der Waals surface area contributed by atoms with Gasteiger partial charge < -0.3 is 10.0 Å². The monoisotopic (exact) mass is 225 g/mol. The second-order valence-corrected chi connectivity index (χ2v) is 3.73. The minimum atomic E-state index is -1.62. The largest absolute Gasteiger partial charge is 0.488 e. The van der Waals surface area contributed by atoms with Crippen molar-refractivity contribution in [1.29, 1.82) is 0 Å². The summed E-state index contributed by atoms with van der Waals surface area (Å²) < 4.78 is 13.2. The highest BCUT2D eigenvalue weighted by molar-refractivity contribution is 6.58. The van der Waals surface area contributed by atoms with Gasteiger partial charge in [0.15, 0.2) is 0 Å². The summed E-state index contributed by atoms with van der Waals surface area (Å²) >= 11 is 0. The van der Waals surface area contributed by atoms with Crippen molar-refractivity contribution in [3.63, 3.8) is 0 Å². The Morgan fingerprint density at radius 2 is 1.81 bits per heavy atom. The number of hydrogen-bond acceptors (Lipinski definition) is 3. The van der Waals surface area contributed by atoms with E-state index in [1.807, 2.05) is 13.8 Å². The Kier molecular flexibility index (Phi) is 4.92. The van der Waals surface area contributed by atoms with Gasteiger partial charge in [0.1, 0.15) is 5.82 Å². The van der Waals surface area contributed by atoms with Crippen molar-refractivity contribution in [3.05, 3.63) is 29.6 Å². The molecule has 0 radical (unpaired) electrons. The first-order valence-corrected chi connectivity index (χ1v) is 5.44. The lowest BCUT2D eigenvalue weighted by atomic mass is 9.79. The maximum atomic E-state index is 13.2. The van der Waals surface area contributed by atoms with Crippen molar-refractivity contribution in [3.8, 4) is 0 Å². The molecular formula is C11H17BFNO2. The molecule has 0 aliphatic carbocycles. The molecule has 0 amide bonds. The number of rotatable bonds is 5. The van der Waals surface area contributed by atoms with Crippen LogP contribution in [0, 0.1) is 5.82 Å². The zero-order valence-corrected chi connectivity index (χ0v) is 9.65. The second-order valence-electron chi connectivity index (χ2n) is 3.73. The van der Waals surface area contributed by atoms with Gasteiger partial charge >= 0.3 is 7.12 Å². The second kappa shape index (κ2) is 5.99. The average molecular weight is 225 g/mol. The van der Waals surface area contributed by atoms with Crippen LogP contribution in [0.4, 0.5) is 4.39 Å². The van der Waals surface area contributed by atoms with Crippen molar-refractivity contribution in [1.82, 2.24) is 4.90 Å². The summed E-state index contributed by atoms with van der Waals surface area (Å²) in [6, 6.07) is 4.17. The van der Waals surface area contributed by atoms with Crippen LogP contribution in [0.2, 0.25) is 0 Å². The molecule has 0 heterocycles. The van der Waals surface area contributed by atoms with Crippen LogP contribution < -0.4 is 5.46 Å². The highest BCUT2D eigenvalue weighted by Crippen LogP contribution is 2.06. The summed E-state index contributed by atoms with van der Waals surface area (Å²) in [6.45, 7) is 6.44. The van der Waals surface area contributed by atoms with Gasteiger partial charge in [0.05, 0.1) is 0 Å². The van der Waals surface area contributed by atoms with Crippen LogP contribution in [0.3, 0.4) is 0 Å². The van der Waals surface area contributed by atoms with E-state index in [2.05, 4.69) is 4.90 Å². The third-order valence-electron chi connectivity index (χ3n) is 2.58. The summed E-state index contributed by atoms with van der Waals surface area (Å²) in [5.41, 5.74) is 0.953. The fraction of sp³-hybridized carbons (Fsp3) is 0.455.